The van der Waals surface area contributed by atoms with Crippen LogP contribution in [0, 0.1) is 11.7 Å². The summed E-state index contributed by atoms with van der Waals surface area (Å²) >= 11 is 0. The number of anilines is 1. The summed E-state index contributed by atoms with van der Waals surface area (Å²) in [7, 11) is -3.13. The van der Waals surface area contributed by atoms with Crippen molar-refractivity contribution in [1.82, 2.24) is 4.57 Å². The topological polar surface area (TPSA) is 117 Å². The van der Waals surface area contributed by atoms with Gasteiger partial charge in [-0.15, -0.1) is 4.40 Å². The Bertz CT molecular complexity index is 1330. The van der Waals surface area contributed by atoms with Crippen LogP contribution in [0.5, 0.6) is 11.5 Å². The van der Waals surface area contributed by atoms with Crippen molar-refractivity contribution in [2.75, 3.05) is 24.8 Å². The molecular weight excluding hydrogens is 445 g/mol. The fourth-order valence-corrected chi connectivity index (χ4v) is 5.12. The minimum Gasteiger partial charge on any atom is -0.488 e. The van der Waals surface area contributed by atoms with Gasteiger partial charge in [-0.3, -0.25) is 9.59 Å². The Morgan fingerprint density at radius 2 is 2.03 bits per heavy atom. The summed E-state index contributed by atoms with van der Waals surface area (Å²) < 4.78 is 61.7. The predicted octanol–water partition coefficient (Wildman–Crippen LogP) is 1.52. The summed E-state index contributed by atoms with van der Waals surface area (Å²) in [5.41, 5.74) is -0.292. The van der Waals surface area contributed by atoms with Crippen LogP contribution in [0.15, 0.2) is 15.3 Å². The highest BCUT2D eigenvalue weighted by molar-refractivity contribution is 7.93. The molecule has 12 heteroatoms. The molecule has 1 aliphatic carbocycles. The third-order valence-electron chi connectivity index (χ3n) is 5.79. The number of pyridine rings is 1. The van der Waals surface area contributed by atoms with Crippen LogP contribution in [-0.4, -0.2) is 45.6 Å². The molecule has 0 bridgehead atoms. The smallest absolute Gasteiger partial charge is 0.352 e. The van der Waals surface area contributed by atoms with Crippen molar-refractivity contribution in [3.05, 3.63) is 27.8 Å². The zero-order valence-corrected chi connectivity index (χ0v) is 18.0. The molecule has 3 aliphatic rings. The molecule has 0 N–H and O–H groups in total. The van der Waals surface area contributed by atoms with E-state index in [2.05, 4.69) is 4.40 Å². The second-order valence-electron chi connectivity index (χ2n) is 7.89. The number of amides is 1. The maximum absolute atomic E-state index is 15.9. The third kappa shape index (κ3) is 3.25. The molecule has 1 fully saturated rings. The number of aryl methyl sites for hydroxylation is 2. The van der Waals surface area contributed by atoms with Gasteiger partial charge in [0.1, 0.15) is 11.9 Å². The van der Waals surface area contributed by atoms with Crippen LogP contribution in [0.4, 0.5) is 10.1 Å². The summed E-state index contributed by atoms with van der Waals surface area (Å²) in [6.45, 7) is 0.239. The average molecular weight is 465 g/mol. The molecule has 170 valence electrons. The summed E-state index contributed by atoms with van der Waals surface area (Å²) in [5.74, 6) is -1.65. The molecule has 0 saturated heterocycles. The highest BCUT2D eigenvalue weighted by Crippen LogP contribution is 2.45. The number of hydrogen-bond acceptors (Lipinski definition) is 7. The lowest BCUT2D eigenvalue weighted by Crippen LogP contribution is -2.32. The van der Waals surface area contributed by atoms with Crippen molar-refractivity contribution in [3.8, 4) is 11.5 Å². The summed E-state index contributed by atoms with van der Waals surface area (Å²) in [6, 6.07) is 1.27. The number of carbonyl (C=O) groups excluding carboxylic acids is 1. The van der Waals surface area contributed by atoms with Crippen LogP contribution in [-0.2, 0) is 32.7 Å². The lowest BCUT2D eigenvalue weighted by Gasteiger charge is -2.22. The molecule has 0 unspecified atom stereocenters. The van der Waals surface area contributed by atoms with E-state index in [1.54, 1.807) is 0 Å². The Kier molecular flexibility index (Phi) is 4.93. The van der Waals surface area contributed by atoms with E-state index in [4.69, 9.17) is 14.2 Å². The number of nitrogens with zero attached hydrogens (tertiary/aromatic N) is 3. The van der Waals surface area contributed by atoms with Crippen LogP contribution >= 0.6 is 0 Å². The molecule has 1 saturated carbocycles. The van der Waals surface area contributed by atoms with E-state index in [9.17, 15) is 18.0 Å². The van der Waals surface area contributed by atoms with Crippen LogP contribution in [0.25, 0.3) is 10.9 Å². The first kappa shape index (κ1) is 20.9. The minimum absolute atomic E-state index is 0.0201. The van der Waals surface area contributed by atoms with Gasteiger partial charge in [-0.05, 0) is 24.8 Å². The maximum Gasteiger partial charge on any atom is 0.352 e. The molecule has 1 aromatic carbocycles. The zero-order valence-electron chi connectivity index (χ0n) is 17.2. The van der Waals surface area contributed by atoms with E-state index in [0.717, 1.165) is 19.3 Å². The highest BCUT2D eigenvalue weighted by Gasteiger charge is 2.41. The van der Waals surface area contributed by atoms with E-state index < -0.39 is 33.2 Å². The van der Waals surface area contributed by atoms with Gasteiger partial charge in [0.2, 0.25) is 0 Å². The minimum atomic E-state index is -4.48. The fraction of sp³-hybridized carbons (Fsp3) is 0.450. The first-order valence-electron chi connectivity index (χ1n) is 10.1. The quantitative estimate of drug-likeness (QED) is 0.543. The van der Waals surface area contributed by atoms with Gasteiger partial charge >= 0.3 is 10.2 Å². The number of rotatable bonds is 8. The number of halogens is 1. The van der Waals surface area contributed by atoms with E-state index in [0.29, 0.717) is 24.3 Å². The summed E-state index contributed by atoms with van der Waals surface area (Å²) in [4.78, 5) is 25.3. The van der Waals surface area contributed by atoms with E-state index >= 15 is 4.39 Å². The van der Waals surface area contributed by atoms with Crippen molar-refractivity contribution < 1.29 is 31.8 Å². The van der Waals surface area contributed by atoms with E-state index in [-0.39, 0.29) is 46.5 Å². The van der Waals surface area contributed by atoms with Gasteiger partial charge in [0.15, 0.2) is 24.1 Å². The first-order chi connectivity index (χ1) is 15.3. The summed E-state index contributed by atoms with van der Waals surface area (Å²) in [5, 5.41) is -0.0341. The standard InChI is InChI=1S/C20H20FN3O7S/c1-29-10-31-19-12-4-6-23-17(12)13(8-14(20(23)26)30-7-5-11-2-3-11)16(21)18(19)24-15(25)9-22-32(24,27)28/h8-9,11H,2-7,10H2,1H3. The number of methoxy groups -OCH3 is 1. The third-order valence-corrected chi connectivity index (χ3v) is 6.99. The molecule has 0 atom stereocenters. The molecule has 3 heterocycles. The Labute approximate surface area is 182 Å². The summed E-state index contributed by atoms with van der Waals surface area (Å²) in [6.07, 6.45) is 3.95. The van der Waals surface area contributed by atoms with Crippen LogP contribution in [0.3, 0.4) is 0 Å². The van der Waals surface area contributed by atoms with Gasteiger partial charge < -0.3 is 18.8 Å². The molecule has 0 radical (unpaired) electrons. The lowest BCUT2D eigenvalue weighted by molar-refractivity contribution is -0.110. The first-order valence-corrected chi connectivity index (χ1v) is 11.5. The van der Waals surface area contributed by atoms with Gasteiger partial charge in [-0.1, -0.05) is 12.8 Å². The highest BCUT2D eigenvalue weighted by atomic mass is 32.2. The second kappa shape index (κ2) is 7.55. The Morgan fingerprint density at radius 3 is 2.69 bits per heavy atom. The number of ether oxygens (including phenoxy) is 3. The predicted molar refractivity (Wildman–Crippen MR) is 112 cm³/mol. The fourth-order valence-electron chi connectivity index (χ4n) is 4.13. The number of benzene rings is 1. The molecule has 0 spiro atoms. The molecular formula is C20H20FN3O7S. The SMILES string of the molecule is COCOc1c(N2C(=O)C=NS2(=O)=O)c(F)c2cc(OCCC3CC3)c(=O)n3c2c1CC3. The molecule has 10 nitrogen and oxygen atoms in total. The Balaban J connectivity index is 1.72. The zero-order chi connectivity index (χ0) is 22.6. The largest absolute Gasteiger partial charge is 0.488 e. The van der Waals surface area contributed by atoms with Crippen molar-refractivity contribution in [2.24, 2.45) is 10.3 Å². The lowest BCUT2D eigenvalue weighted by atomic mass is 10.1. The maximum atomic E-state index is 15.9. The monoisotopic (exact) mass is 465 g/mol. The molecule has 2 aliphatic heterocycles. The van der Waals surface area contributed by atoms with Crippen LogP contribution < -0.4 is 19.3 Å². The van der Waals surface area contributed by atoms with E-state index in [1.807, 2.05) is 0 Å². The second-order valence-corrected chi connectivity index (χ2v) is 9.37. The number of carbonyl (C=O) groups is 1. The average Bonchev–Trinajstić information content (AvgIpc) is 3.41. The normalized spacial score (nSPS) is 18.7. The van der Waals surface area contributed by atoms with Gasteiger partial charge in [0, 0.05) is 24.6 Å². The molecule has 1 amide bonds. The Hall–Kier alpha value is -2.99. The molecule has 2 aromatic rings. The van der Waals surface area contributed by atoms with Gasteiger partial charge in [-0.25, -0.2) is 4.39 Å². The van der Waals surface area contributed by atoms with Crippen molar-refractivity contribution in [2.45, 2.75) is 32.2 Å². The van der Waals surface area contributed by atoms with Crippen molar-refractivity contribution in [1.29, 1.82) is 0 Å². The Morgan fingerprint density at radius 1 is 1.25 bits per heavy atom. The molecule has 32 heavy (non-hydrogen) atoms. The number of hydrogen-bond donors (Lipinski definition) is 0. The van der Waals surface area contributed by atoms with Gasteiger partial charge in [-0.2, -0.15) is 12.7 Å². The van der Waals surface area contributed by atoms with Gasteiger partial charge in [0.05, 0.1) is 12.1 Å². The molecule has 1 aromatic heterocycles. The van der Waals surface area contributed by atoms with E-state index in [1.165, 1.54) is 17.7 Å². The van der Waals surface area contributed by atoms with Crippen molar-refractivity contribution >= 4 is 38.9 Å². The van der Waals surface area contributed by atoms with Crippen LogP contribution in [0.1, 0.15) is 24.8 Å². The molecule has 5 rings (SSSR count). The number of aromatic nitrogens is 1. The van der Waals surface area contributed by atoms with Gasteiger partial charge in [0.25, 0.3) is 11.5 Å². The van der Waals surface area contributed by atoms with Crippen molar-refractivity contribution in [3.63, 3.8) is 0 Å². The van der Waals surface area contributed by atoms with Crippen LogP contribution in [0.2, 0.25) is 0 Å².